The summed E-state index contributed by atoms with van der Waals surface area (Å²) in [7, 11) is 0. The van der Waals surface area contributed by atoms with Gasteiger partial charge in [-0.1, -0.05) is 38.3 Å². The van der Waals surface area contributed by atoms with Crippen molar-refractivity contribution in [2.45, 2.75) is 39.0 Å². The molecule has 0 amide bonds. The van der Waals surface area contributed by atoms with Crippen LogP contribution < -0.4 is 0 Å². The summed E-state index contributed by atoms with van der Waals surface area (Å²) in [6, 6.07) is 8.31. The number of benzene rings is 1. The Morgan fingerprint density at radius 2 is 1.94 bits per heavy atom. The summed E-state index contributed by atoms with van der Waals surface area (Å²) < 4.78 is 5.03. The van der Waals surface area contributed by atoms with Crippen LogP contribution in [0, 0.1) is 6.39 Å². The molecule has 0 spiro atoms. The highest BCUT2D eigenvalue weighted by Crippen LogP contribution is 2.17. The summed E-state index contributed by atoms with van der Waals surface area (Å²) in [5.41, 5.74) is 2.32. The van der Waals surface area contributed by atoms with E-state index < -0.39 is 0 Å². The summed E-state index contributed by atoms with van der Waals surface area (Å²) >= 11 is 0. The van der Waals surface area contributed by atoms with Crippen molar-refractivity contribution in [2.24, 2.45) is 0 Å². The van der Waals surface area contributed by atoms with Crippen molar-refractivity contribution in [2.75, 3.05) is 0 Å². The Kier molecular flexibility index (Phi) is 4.30. The monoisotopic (exact) mass is 229 g/mol. The van der Waals surface area contributed by atoms with Crippen molar-refractivity contribution in [3.8, 4) is 11.5 Å². The first-order valence-corrected chi connectivity index (χ1v) is 6.19. The largest absolute Gasteiger partial charge is 0.412 e. The number of unbranched alkanes of at least 4 members (excludes halogenated alkanes) is 3. The van der Waals surface area contributed by atoms with Gasteiger partial charge in [0.15, 0.2) is 0 Å². The number of hydrogen-bond donors (Lipinski definition) is 0. The van der Waals surface area contributed by atoms with Crippen LogP contribution in [0.3, 0.4) is 0 Å². The molecule has 2 aromatic rings. The molecule has 0 unspecified atom stereocenters. The SMILES string of the molecule is CCCCCCc1ccc(-c2nn[c]o2)cc1. The van der Waals surface area contributed by atoms with E-state index in [2.05, 4.69) is 35.6 Å². The second-order valence-electron chi connectivity index (χ2n) is 4.21. The minimum Gasteiger partial charge on any atom is -0.412 e. The minimum absolute atomic E-state index is 0.530. The van der Waals surface area contributed by atoms with Crippen LogP contribution in [0.1, 0.15) is 38.2 Å². The molecule has 0 fully saturated rings. The van der Waals surface area contributed by atoms with E-state index in [0.29, 0.717) is 5.89 Å². The second kappa shape index (κ2) is 6.18. The van der Waals surface area contributed by atoms with Gasteiger partial charge in [-0.05, 0) is 30.5 Å². The lowest BCUT2D eigenvalue weighted by Crippen LogP contribution is -1.86. The van der Waals surface area contributed by atoms with Crippen LogP contribution in [0.15, 0.2) is 28.7 Å². The third-order valence-corrected chi connectivity index (χ3v) is 2.84. The fourth-order valence-corrected chi connectivity index (χ4v) is 1.84. The lowest BCUT2D eigenvalue weighted by Gasteiger charge is -2.01. The Hall–Kier alpha value is -1.64. The topological polar surface area (TPSA) is 38.9 Å². The fourth-order valence-electron chi connectivity index (χ4n) is 1.84. The molecule has 0 bridgehead atoms. The van der Waals surface area contributed by atoms with Crippen molar-refractivity contribution in [3.63, 3.8) is 0 Å². The molecule has 1 radical (unpaired) electrons. The summed E-state index contributed by atoms with van der Waals surface area (Å²) in [5, 5.41) is 7.38. The van der Waals surface area contributed by atoms with E-state index in [4.69, 9.17) is 4.42 Å². The summed E-state index contributed by atoms with van der Waals surface area (Å²) in [4.78, 5) is 0. The van der Waals surface area contributed by atoms with Crippen molar-refractivity contribution in [1.29, 1.82) is 0 Å². The lowest BCUT2D eigenvalue weighted by molar-refractivity contribution is 0.559. The Balaban J connectivity index is 1.90. The first-order valence-electron chi connectivity index (χ1n) is 6.19. The Labute approximate surface area is 102 Å². The van der Waals surface area contributed by atoms with Gasteiger partial charge < -0.3 is 4.42 Å². The molecule has 0 N–H and O–H groups in total. The average Bonchev–Trinajstić information content (AvgIpc) is 2.89. The van der Waals surface area contributed by atoms with Crippen LogP contribution in [-0.2, 0) is 6.42 Å². The molecule has 17 heavy (non-hydrogen) atoms. The number of rotatable bonds is 6. The molecule has 3 heteroatoms. The van der Waals surface area contributed by atoms with Crippen LogP contribution in [0.25, 0.3) is 11.5 Å². The number of aromatic nitrogens is 2. The third kappa shape index (κ3) is 3.41. The van der Waals surface area contributed by atoms with E-state index in [-0.39, 0.29) is 0 Å². The standard InChI is InChI=1S/C14H17N2O/c1-2-3-4-5-6-12-7-9-13(10-8-12)14-16-15-11-17-14/h7-10H,2-6H2,1H3. The molecular weight excluding hydrogens is 212 g/mol. The maximum Gasteiger partial charge on any atom is 0.306 e. The molecule has 1 heterocycles. The van der Waals surface area contributed by atoms with Gasteiger partial charge in [0, 0.05) is 5.56 Å². The van der Waals surface area contributed by atoms with E-state index in [9.17, 15) is 0 Å². The Morgan fingerprint density at radius 1 is 1.12 bits per heavy atom. The van der Waals surface area contributed by atoms with Crippen LogP contribution in [0.2, 0.25) is 0 Å². The molecule has 3 nitrogen and oxygen atoms in total. The second-order valence-corrected chi connectivity index (χ2v) is 4.21. The maximum atomic E-state index is 5.03. The van der Waals surface area contributed by atoms with Gasteiger partial charge in [0.1, 0.15) is 0 Å². The van der Waals surface area contributed by atoms with Gasteiger partial charge in [0.2, 0.25) is 5.89 Å². The van der Waals surface area contributed by atoms with Gasteiger partial charge in [-0.3, -0.25) is 0 Å². The minimum atomic E-state index is 0.530. The Bertz CT molecular complexity index is 420. The maximum absolute atomic E-state index is 5.03. The lowest BCUT2D eigenvalue weighted by atomic mass is 10.0. The molecule has 1 aromatic heterocycles. The highest BCUT2D eigenvalue weighted by atomic mass is 16.4. The summed E-state index contributed by atoms with van der Waals surface area (Å²) in [6.45, 7) is 2.23. The van der Waals surface area contributed by atoms with Crippen LogP contribution in [0.4, 0.5) is 0 Å². The molecule has 1 aromatic carbocycles. The predicted molar refractivity (Wildman–Crippen MR) is 66.4 cm³/mol. The highest BCUT2D eigenvalue weighted by molar-refractivity contribution is 5.52. The van der Waals surface area contributed by atoms with E-state index in [0.717, 1.165) is 12.0 Å². The van der Waals surface area contributed by atoms with Gasteiger partial charge >= 0.3 is 6.39 Å². The van der Waals surface area contributed by atoms with Gasteiger partial charge in [0.05, 0.1) is 0 Å². The van der Waals surface area contributed by atoms with Crippen molar-refractivity contribution in [3.05, 3.63) is 36.2 Å². The van der Waals surface area contributed by atoms with Gasteiger partial charge in [-0.2, -0.15) is 0 Å². The Morgan fingerprint density at radius 3 is 2.59 bits per heavy atom. The zero-order valence-corrected chi connectivity index (χ0v) is 10.1. The first kappa shape index (κ1) is 11.8. The van der Waals surface area contributed by atoms with E-state index in [1.165, 1.54) is 31.2 Å². The molecule has 0 aliphatic heterocycles. The smallest absolute Gasteiger partial charge is 0.306 e. The molecule has 0 aliphatic carbocycles. The third-order valence-electron chi connectivity index (χ3n) is 2.84. The van der Waals surface area contributed by atoms with Gasteiger partial charge in [-0.25, -0.2) is 0 Å². The normalized spacial score (nSPS) is 10.6. The number of nitrogens with zero attached hydrogens (tertiary/aromatic N) is 2. The van der Waals surface area contributed by atoms with Crippen LogP contribution >= 0.6 is 0 Å². The van der Waals surface area contributed by atoms with E-state index in [1.807, 2.05) is 12.1 Å². The molecule has 0 atom stereocenters. The zero-order valence-electron chi connectivity index (χ0n) is 10.1. The molecular formula is C14H17N2O. The molecule has 89 valence electrons. The quantitative estimate of drug-likeness (QED) is 0.709. The van der Waals surface area contributed by atoms with Gasteiger partial charge in [0.25, 0.3) is 0 Å². The van der Waals surface area contributed by atoms with Crippen molar-refractivity contribution < 1.29 is 4.42 Å². The highest BCUT2D eigenvalue weighted by Gasteiger charge is 2.03. The number of aryl methyl sites for hydroxylation is 1. The predicted octanol–water partition coefficient (Wildman–Crippen LogP) is 3.66. The van der Waals surface area contributed by atoms with Crippen LogP contribution in [-0.4, -0.2) is 10.2 Å². The van der Waals surface area contributed by atoms with E-state index >= 15 is 0 Å². The molecule has 0 saturated heterocycles. The molecule has 0 saturated carbocycles. The molecule has 0 aliphatic rings. The van der Waals surface area contributed by atoms with Gasteiger partial charge in [-0.15, -0.1) is 10.2 Å². The van der Waals surface area contributed by atoms with Crippen molar-refractivity contribution >= 4 is 0 Å². The number of hydrogen-bond acceptors (Lipinski definition) is 3. The van der Waals surface area contributed by atoms with E-state index in [1.54, 1.807) is 0 Å². The molecule has 2 rings (SSSR count). The average molecular weight is 229 g/mol. The first-order chi connectivity index (χ1) is 8.40. The zero-order chi connectivity index (χ0) is 11.9. The summed E-state index contributed by atoms with van der Waals surface area (Å²) in [6.07, 6.45) is 8.70. The summed E-state index contributed by atoms with van der Waals surface area (Å²) in [5.74, 6) is 0.530. The van der Waals surface area contributed by atoms with Crippen LogP contribution in [0.5, 0.6) is 0 Å². The van der Waals surface area contributed by atoms with Crippen molar-refractivity contribution in [1.82, 2.24) is 10.2 Å². The fraction of sp³-hybridized carbons (Fsp3) is 0.429.